The van der Waals surface area contributed by atoms with Crippen molar-refractivity contribution in [1.82, 2.24) is 9.97 Å². The second-order valence-electron chi connectivity index (χ2n) is 4.06. The Labute approximate surface area is 95.4 Å². The fourth-order valence-corrected chi connectivity index (χ4v) is 1.54. The molecule has 1 aromatic carbocycles. The number of anilines is 1. The van der Waals surface area contributed by atoms with Gasteiger partial charge in [0.2, 0.25) is 5.95 Å². The predicted octanol–water partition coefficient (Wildman–Crippen LogP) is 2.85. The maximum Gasteiger partial charge on any atom is 0.220 e. The van der Waals surface area contributed by atoms with Crippen LogP contribution in [-0.4, -0.2) is 9.97 Å². The Kier molecular flexibility index (Phi) is 2.86. The molecule has 0 saturated carbocycles. The molecule has 2 aromatic rings. The van der Waals surface area contributed by atoms with E-state index in [4.69, 9.17) is 5.73 Å². The van der Waals surface area contributed by atoms with Crippen LogP contribution in [0.25, 0.3) is 11.3 Å². The van der Waals surface area contributed by atoms with E-state index in [9.17, 15) is 0 Å². The lowest BCUT2D eigenvalue weighted by molar-refractivity contribution is 0.819. The molecule has 82 valence electrons. The zero-order chi connectivity index (χ0) is 11.5. The molecule has 2 rings (SSSR count). The molecule has 0 fully saturated rings. The Bertz CT molecular complexity index is 478. The summed E-state index contributed by atoms with van der Waals surface area (Å²) in [4.78, 5) is 8.48. The van der Waals surface area contributed by atoms with Gasteiger partial charge in [-0.3, -0.25) is 0 Å². The molecule has 0 saturated heterocycles. The summed E-state index contributed by atoms with van der Waals surface area (Å²) in [5.74, 6) is 0.692. The third-order valence-electron chi connectivity index (χ3n) is 2.42. The Balaban J connectivity index is 2.50. The second-order valence-corrected chi connectivity index (χ2v) is 4.06. The van der Waals surface area contributed by atoms with Crippen LogP contribution in [0, 0.1) is 0 Å². The number of rotatable bonds is 2. The number of hydrogen-bond donors (Lipinski definition) is 1. The van der Waals surface area contributed by atoms with Crippen molar-refractivity contribution < 1.29 is 0 Å². The van der Waals surface area contributed by atoms with Gasteiger partial charge >= 0.3 is 0 Å². The van der Waals surface area contributed by atoms with E-state index in [1.165, 1.54) is 0 Å². The highest BCUT2D eigenvalue weighted by Gasteiger charge is 2.07. The lowest BCUT2D eigenvalue weighted by Gasteiger charge is -2.08. The molecule has 0 amide bonds. The van der Waals surface area contributed by atoms with Gasteiger partial charge in [-0.2, -0.15) is 0 Å². The summed E-state index contributed by atoms with van der Waals surface area (Å²) >= 11 is 0. The predicted molar refractivity (Wildman–Crippen MR) is 66.0 cm³/mol. The van der Waals surface area contributed by atoms with E-state index in [1.807, 2.05) is 36.4 Å². The Morgan fingerprint density at radius 3 is 2.38 bits per heavy atom. The van der Waals surface area contributed by atoms with Crippen molar-refractivity contribution in [3.63, 3.8) is 0 Å². The summed E-state index contributed by atoms with van der Waals surface area (Å²) in [6, 6.07) is 12.0. The minimum absolute atomic E-state index is 0.338. The monoisotopic (exact) mass is 213 g/mol. The molecule has 0 bridgehead atoms. The van der Waals surface area contributed by atoms with Crippen LogP contribution in [0.5, 0.6) is 0 Å². The first-order valence-corrected chi connectivity index (χ1v) is 5.36. The van der Waals surface area contributed by atoms with Crippen LogP contribution in [0.4, 0.5) is 5.95 Å². The molecular weight excluding hydrogens is 198 g/mol. The Hall–Kier alpha value is -1.90. The number of nitrogens with two attached hydrogens (primary N) is 1. The summed E-state index contributed by atoms with van der Waals surface area (Å²) < 4.78 is 0. The van der Waals surface area contributed by atoms with E-state index in [0.29, 0.717) is 11.9 Å². The summed E-state index contributed by atoms with van der Waals surface area (Å²) in [6.45, 7) is 4.19. The minimum atomic E-state index is 0.338. The van der Waals surface area contributed by atoms with Crippen molar-refractivity contribution in [3.8, 4) is 11.3 Å². The van der Waals surface area contributed by atoms with Crippen LogP contribution in [0.1, 0.15) is 25.5 Å². The number of hydrogen-bond acceptors (Lipinski definition) is 3. The molecule has 2 N–H and O–H groups in total. The molecule has 0 aliphatic heterocycles. The van der Waals surface area contributed by atoms with Gasteiger partial charge in [0.1, 0.15) is 0 Å². The van der Waals surface area contributed by atoms with Gasteiger partial charge in [0.15, 0.2) is 0 Å². The number of benzene rings is 1. The van der Waals surface area contributed by atoms with Gasteiger partial charge in [0.25, 0.3) is 0 Å². The van der Waals surface area contributed by atoms with E-state index in [2.05, 4.69) is 23.8 Å². The first-order chi connectivity index (χ1) is 7.66. The number of nitrogens with zero attached hydrogens (tertiary/aromatic N) is 2. The normalized spacial score (nSPS) is 10.7. The summed E-state index contributed by atoms with van der Waals surface area (Å²) in [5, 5.41) is 0. The highest BCUT2D eigenvalue weighted by Crippen LogP contribution is 2.21. The zero-order valence-corrected chi connectivity index (χ0v) is 9.51. The van der Waals surface area contributed by atoms with E-state index in [0.717, 1.165) is 17.0 Å². The lowest BCUT2D eigenvalue weighted by atomic mass is 10.1. The van der Waals surface area contributed by atoms with Gasteiger partial charge in [0, 0.05) is 11.3 Å². The van der Waals surface area contributed by atoms with Gasteiger partial charge in [0.05, 0.1) is 5.69 Å². The van der Waals surface area contributed by atoms with E-state index in [1.54, 1.807) is 0 Å². The summed E-state index contributed by atoms with van der Waals surface area (Å²) in [5.41, 5.74) is 8.64. The fraction of sp³-hybridized carbons (Fsp3) is 0.231. The molecular formula is C13H15N3. The molecule has 3 nitrogen and oxygen atoms in total. The van der Waals surface area contributed by atoms with Crippen LogP contribution in [-0.2, 0) is 0 Å². The molecule has 0 aliphatic carbocycles. The molecule has 1 heterocycles. The van der Waals surface area contributed by atoms with Crippen LogP contribution in [0.3, 0.4) is 0 Å². The summed E-state index contributed by atoms with van der Waals surface area (Å²) in [6.07, 6.45) is 0. The quantitative estimate of drug-likeness (QED) is 0.834. The highest BCUT2D eigenvalue weighted by atomic mass is 15.0. The summed E-state index contributed by atoms with van der Waals surface area (Å²) in [7, 11) is 0. The van der Waals surface area contributed by atoms with E-state index < -0.39 is 0 Å². The average molecular weight is 213 g/mol. The molecule has 0 atom stereocenters. The van der Waals surface area contributed by atoms with Crippen LogP contribution < -0.4 is 5.73 Å². The first-order valence-electron chi connectivity index (χ1n) is 5.36. The average Bonchev–Trinajstić information content (AvgIpc) is 2.29. The van der Waals surface area contributed by atoms with E-state index in [-0.39, 0.29) is 0 Å². The van der Waals surface area contributed by atoms with Gasteiger partial charge in [-0.05, 0) is 12.0 Å². The molecule has 16 heavy (non-hydrogen) atoms. The lowest BCUT2D eigenvalue weighted by Crippen LogP contribution is -2.02. The third kappa shape index (κ3) is 2.19. The number of nitrogen functional groups attached to an aromatic ring is 1. The molecule has 1 aromatic heterocycles. The largest absolute Gasteiger partial charge is 0.368 e. The van der Waals surface area contributed by atoms with Gasteiger partial charge in [-0.15, -0.1) is 0 Å². The van der Waals surface area contributed by atoms with Crippen LogP contribution in [0.15, 0.2) is 36.4 Å². The van der Waals surface area contributed by atoms with Gasteiger partial charge in [-0.1, -0.05) is 44.2 Å². The smallest absolute Gasteiger partial charge is 0.220 e. The molecule has 0 aliphatic rings. The van der Waals surface area contributed by atoms with Crippen molar-refractivity contribution in [2.45, 2.75) is 19.8 Å². The van der Waals surface area contributed by atoms with E-state index >= 15 is 0 Å². The van der Waals surface area contributed by atoms with Gasteiger partial charge in [-0.25, -0.2) is 9.97 Å². The maximum atomic E-state index is 5.71. The Morgan fingerprint density at radius 1 is 1.06 bits per heavy atom. The topological polar surface area (TPSA) is 51.8 Å². The molecule has 0 spiro atoms. The maximum absolute atomic E-state index is 5.71. The third-order valence-corrected chi connectivity index (χ3v) is 2.42. The van der Waals surface area contributed by atoms with Crippen molar-refractivity contribution in [2.75, 3.05) is 5.73 Å². The highest BCUT2D eigenvalue weighted by molar-refractivity contribution is 5.60. The molecule has 0 radical (unpaired) electrons. The van der Waals surface area contributed by atoms with Gasteiger partial charge < -0.3 is 5.73 Å². The van der Waals surface area contributed by atoms with Crippen molar-refractivity contribution in [3.05, 3.63) is 42.1 Å². The SMILES string of the molecule is CC(C)c1cc(-c2ccccc2)nc(N)n1. The molecule has 0 unspecified atom stereocenters. The van der Waals surface area contributed by atoms with Crippen molar-refractivity contribution in [2.24, 2.45) is 0 Å². The van der Waals surface area contributed by atoms with Crippen molar-refractivity contribution >= 4 is 5.95 Å². The van der Waals surface area contributed by atoms with Crippen LogP contribution in [0.2, 0.25) is 0 Å². The molecule has 3 heteroatoms. The number of aromatic nitrogens is 2. The first kappa shape index (κ1) is 10.6. The Morgan fingerprint density at radius 2 is 1.75 bits per heavy atom. The standard InChI is InChI=1S/C13H15N3/c1-9(2)11-8-12(16-13(14)15-11)10-6-4-3-5-7-10/h3-9H,1-2H3,(H2,14,15,16). The fourth-order valence-electron chi connectivity index (χ4n) is 1.54. The minimum Gasteiger partial charge on any atom is -0.368 e. The van der Waals surface area contributed by atoms with Crippen LogP contribution >= 0.6 is 0 Å². The zero-order valence-electron chi connectivity index (χ0n) is 9.51. The van der Waals surface area contributed by atoms with Crippen molar-refractivity contribution in [1.29, 1.82) is 0 Å². The second kappa shape index (κ2) is 4.31.